The van der Waals surface area contributed by atoms with Gasteiger partial charge in [0.1, 0.15) is 6.26 Å². The van der Waals surface area contributed by atoms with Gasteiger partial charge in [0.15, 0.2) is 0 Å². The highest BCUT2D eigenvalue weighted by atomic mass is 16.5. The van der Waals surface area contributed by atoms with Crippen LogP contribution in [0.25, 0.3) is 11.4 Å². The van der Waals surface area contributed by atoms with Crippen molar-refractivity contribution in [1.82, 2.24) is 20.4 Å². The molecule has 1 saturated heterocycles. The van der Waals surface area contributed by atoms with E-state index in [1.54, 1.807) is 18.6 Å². The SMILES string of the molecule is CN1CCOC(CNCc2nc(-c3ccoc3)no2)C1. The second-order valence-electron chi connectivity index (χ2n) is 4.91. The Labute approximate surface area is 116 Å². The fourth-order valence-corrected chi connectivity index (χ4v) is 2.17. The van der Waals surface area contributed by atoms with Crippen LogP contribution in [0.1, 0.15) is 5.89 Å². The maximum absolute atomic E-state index is 5.67. The highest BCUT2D eigenvalue weighted by molar-refractivity contribution is 5.51. The minimum atomic E-state index is 0.213. The van der Waals surface area contributed by atoms with E-state index >= 15 is 0 Å². The largest absolute Gasteiger partial charge is 0.472 e. The molecule has 7 heteroatoms. The van der Waals surface area contributed by atoms with Crippen LogP contribution in [0.4, 0.5) is 0 Å². The Morgan fingerprint density at radius 1 is 1.50 bits per heavy atom. The lowest BCUT2D eigenvalue weighted by Gasteiger charge is -2.30. The van der Waals surface area contributed by atoms with Crippen LogP contribution in [0.2, 0.25) is 0 Å². The summed E-state index contributed by atoms with van der Waals surface area (Å²) in [5.41, 5.74) is 0.817. The van der Waals surface area contributed by atoms with Gasteiger partial charge in [0.25, 0.3) is 0 Å². The van der Waals surface area contributed by atoms with E-state index in [0.29, 0.717) is 18.3 Å². The molecule has 0 radical (unpaired) electrons. The van der Waals surface area contributed by atoms with E-state index in [4.69, 9.17) is 13.7 Å². The van der Waals surface area contributed by atoms with Crippen molar-refractivity contribution in [2.75, 3.05) is 33.3 Å². The maximum Gasteiger partial charge on any atom is 0.240 e. The Morgan fingerprint density at radius 2 is 2.45 bits per heavy atom. The quantitative estimate of drug-likeness (QED) is 0.864. The Kier molecular flexibility index (Phi) is 4.10. The zero-order valence-corrected chi connectivity index (χ0v) is 11.4. The number of nitrogens with one attached hydrogen (secondary N) is 1. The average molecular weight is 278 g/mol. The van der Waals surface area contributed by atoms with Crippen LogP contribution in [0, 0.1) is 0 Å². The van der Waals surface area contributed by atoms with E-state index < -0.39 is 0 Å². The highest BCUT2D eigenvalue weighted by Crippen LogP contribution is 2.15. The van der Waals surface area contributed by atoms with Crippen LogP contribution in [-0.4, -0.2) is 54.4 Å². The molecule has 1 aliphatic rings. The first-order chi connectivity index (χ1) is 9.81. The molecule has 0 aromatic carbocycles. The van der Waals surface area contributed by atoms with Crippen molar-refractivity contribution >= 4 is 0 Å². The van der Waals surface area contributed by atoms with Crippen LogP contribution in [-0.2, 0) is 11.3 Å². The highest BCUT2D eigenvalue weighted by Gasteiger charge is 2.17. The molecule has 1 fully saturated rings. The van der Waals surface area contributed by atoms with Gasteiger partial charge in [-0.3, -0.25) is 0 Å². The molecule has 2 aromatic heterocycles. The first-order valence-electron chi connectivity index (χ1n) is 6.67. The van der Waals surface area contributed by atoms with E-state index in [0.717, 1.165) is 31.8 Å². The van der Waals surface area contributed by atoms with Gasteiger partial charge in [0, 0.05) is 19.6 Å². The predicted molar refractivity (Wildman–Crippen MR) is 70.9 cm³/mol. The lowest BCUT2D eigenvalue weighted by atomic mass is 10.3. The van der Waals surface area contributed by atoms with E-state index in [1.807, 2.05) is 0 Å². The molecule has 1 N–H and O–H groups in total. The number of morpholine rings is 1. The summed E-state index contributed by atoms with van der Waals surface area (Å²) in [5, 5.41) is 7.19. The maximum atomic E-state index is 5.67. The molecule has 3 heterocycles. The smallest absolute Gasteiger partial charge is 0.240 e. The van der Waals surface area contributed by atoms with Gasteiger partial charge in [0.05, 0.1) is 31.1 Å². The Morgan fingerprint density at radius 3 is 3.25 bits per heavy atom. The number of ether oxygens (including phenoxy) is 1. The molecule has 0 aliphatic carbocycles. The molecular weight excluding hydrogens is 260 g/mol. The Hall–Kier alpha value is -1.70. The van der Waals surface area contributed by atoms with E-state index in [-0.39, 0.29) is 6.10 Å². The lowest BCUT2D eigenvalue weighted by molar-refractivity contribution is -0.0184. The third-order valence-electron chi connectivity index (χ3n) is 3.24. The molecule has 0 spiro atoms. The number of rotatable bonds is 5. The summed E-state index contributed by atoms with van der Waals surface area (Å²) in [6.07, 6.45) is 3.39. The summed E-state index contributed by atoms with van der Waals surface area (Å²) in [4.78, 5) is 6.56. The first kappa shape index (κ1) is 13.3. The van der Waals surface area contributed by atoms with Crippen molar-refractivity contribution in [2.24, 2.45) is 0 Å². The molecule has 0 bridgehead atoms. The van der Waals surface area contributed by atoms with Crippen LogP contribution >= 0.6 is 0 Å². The number of aromatic nitrogens is 2. The van der Waals surface area contributed by atoms with E-state index in [2.05, 4.69) is 27.4 Å². The summed E-state index contributed by atoms with van der Waals surface area (Å²) in [7, 11) is 2.10. The lowest BCUT2D eigenvalue weighted by Crippen LogP contribution is -2.44. The number of nitrogens with zero attached hydrogens (tertiary/aromatic N) is 3. The summed E-state index contributed by atoms with van der Waals surface area (Å²) in [6, 6.07) is 1.80. The van der Waals surface area contributed by atoms with Crippen LogP contribution in [0.15, 0.2) is 27.5 Å². The minimum absolute atomic E-state index is 0.213. The molecule has 3 rings (SSSR count). The van der Waals surface area contributed by atoms with Crippen LogP contribution < -0.4 is 5.32 Å². The number of furan rings is 1. The zero-order chi connectivity index (χ0) is 13.8. The molecule has 0 amide bonds. The van der Waals surface area contributed by atoms with Gasteiger partial charge >= 0.3 is 0 Å². The fourth-order valence-electron chi connectivity index (χ4n) is 2.17. The van der Waals surface area contributed by atoms with Crippen LogP contribution in [0.3, 0.4) is 0 Å². The second-order valence-corrected chi connectivity index (χ2v) is 4.91. The van der Waals surface area contributed by atoms with Gasteiger partial charge in [-0.25, -0.2) is 0 Å². The van der Waals surface area contributed by atoms with Crippen molar-refractivity contribution in [1.29, 1.82) is 0 Å². The molecular formula is C13H18N4O3. The van der Waals surface area contributed by atoms with Crippen molar-refractivity contribution in [2.45, 2.75) is 12.6 Å². The monoisotopic (exact) mass is 278 g/mol. The van der Waals surface area contributed by atoms with E-state index in [9.17, 15) is 0 Å². The van der Waals surface area contributed by atoms with Gasteiger partial charge in [-0.05, 0) is 13.1 Å². The van der Waals surface area contributed by atoms with Crippen molar-refractivity contribution < 1.29 is 13.7 Å². The minimum Gasteiger partial charge on any atom is -0.472 e. The average Bonchev–Trinajstić information content (AvgIpc) is 3.09. The standard InChI is InChI=1S/C13H18N4O3/c1-17-3-5-19-11(8-17)6-14-7-12-15-13(16-20-12)10-2-4-18-9-10/h2,4,9,11,14H,3,5-8H2,1H3. The predicted octanol–water partition coefficient (Wildman–Crippen LogP) is 0.750. The second kappa shape index (κ2) is 6.17. The summed E-state index contributed by atoms with van der Waals surface area (Å²) in [6.45, 7) is 4.03. The topological polar surface area (TPSA) is 76.6 Å². The summed E-state index contributed by atoms with van der Waals surface area (Å²) < 4.78 is 15.8. The molecule has 2 aromatic rings. The third-order valence-corrected chi connectivity index (χ3v) is 3.24. The van der Waals surface area contributed by atoms with Gasteiger partial charge in [-0.2, -0.15) is 4.98 Å². The third kappa shape index (κ3) is 3.24. The van der Waals surface area contributed by atoms with Crippen molar-refractivity contribution in [3.8, 4) is 11.4 Å². The molecule has 0 saturated carbocycles. The van der Waals surface area contributed by atoms with Gasteiger partial charge in [-0.1, -0.05) is 5.16 Å². The van der Waals surface area contributed by atoms with Gasteiger partial charge < -0.3 is 23.9 Å². The van der Waals surface area contributed by atoms with Crippen molar-refractivity contribution in [3.05, 3.63) is 24.5 Å². The molecule has 1 aliphatic heterocycles. The molecule has 7 nitrogen and oxygen atoms in total. The Balaban J connectivity index is 1.47. The van der Waals surface area contributed by atoms with Crippen LogP contribution in [0.5, 0.6) is 0 Å². The number of likely N-dealkylation sites (N-methyl/N-ethyl adjacent to an activating group) is 1. The summed E-state index contributed by atoms with van der Waals surface area (Å²) >= 11 is 0. The first-order valence-corrected chi connectivity index (χ1v) is 6.67. The van der Waals surface area contributed by atoms with Gasteiger partial charge in [-0.15, -0.1) is 0 Å². The fraction of sp³-hybridized carbons (Fsp3) is 0.538. The van der Waals surface area contributed by atoms with Crippen molar-refractivity contribution in [3.63, 3.8) is 0 Å². The normalized spacial score (nSPS) is 20.4. The summed E-state index contributed by atoms with van der Waals surface area (Å²) in [5.74, 6) is 1.11. The number of hydrogen-bond donors (Lipinski definition) is 1. The van der Waals surface area contributed by atoms with Gasteiger partial charge in [0.2, 0.25) is 11.7 Å². The Bertz CT molecular complexity index is 525. The zero-order valence-electron chi connectivity index (χ0n) is 11.4. The molecule has 20 heavy (non-hydrogen) atoms. The van der Waals surface area contributed by atoms with E-state index in [1.165, 1.54) is 0 Å². The number of hydrogen-bond acceptors (Lipinski definition) is 7. The molecule has 1 atom stereocenters. The molecule has 108 valence electrons. The molecule has 1 unspecified atom stereocenters.